The van der Waals surface area contributed by atoms with Crippen molar-refractivity contribution in [1.82, 2.24) is 15.1 Å². The second kappa shape index (κ2) is 8.83. The number of rotatable bonds is 6. The Bertz CT molecular complexity index is 1060. The summed E-state index contributed by atoms with van der Waals surface area (Å²) in [5.41, 5.74) is 0.479. The van der Waals surface area contributed by atoms with E-state index in [0.717, 1.165) is 12.8 Å². The Balaban J connectivity index is 1.44. The average molecular weight is 429 g/mol. The van der Waals surface area contributed by atoms with Gasteiger partial charge >= 0.3 is 6.18 Å². The maximum Gasteiger partial charge on any atom is 0.435 e. The molecule has 0 radical (unpaired) electrons. The molecule has 3 aromatic rings. The molecule has 1 aliphatic carbocycles. The van der Waals surface area contributed by atoms with Gasteiger partial charge in [-0.3, -0.25) is 9.48 Å². The Morgan fingerprint density at radius 1 is 1.03 bits per heavy atom. The number of aromatic nitrogens is 2. The second-order valence-corrected chi connectivity index (χ2v) is 7.37. The zero-order valence-corrected chi connectivity index (χ0v) is 16.8. The largest absolute Gasteiger partial charge is 0.457 e. The van der Waals surface area contributed by atoms with Crippen LogP contribution in [0.2, 0.25) is 0 Å². The molecule has 0 saturated carbocycles. The molecule has 162 valence electrons. The quantitative estimate of drug-likeness (QED) is 0.600. The lowest BCUT2D eigenvalue weighted by molar-refractivity contribution is -0.142. The van der Waals surface area contributed by atoms with Gasteiger partial charge in [-0.05, 0) is 49.9 Å². The molecule has 0 fully saturated rings. The summed E-state index contributed by atoms with van der Waals surface area (Å²) in [6, 6.07) is 15.9. The van der Waals surface area contributed by atoms with Gasteiger partial charge in [0.1, 0.15) is 11.5 Å². The van der Waals surface area contributed by atoms with Gasteiger partial charge in [-0.1, -0.05) is 30.3 Å². The molecular weight excluding hydrogens is 407 g/mol. The highest BCUT2D eigenvalue weighted by Gasteiger charge is 2.39. The number of nitrogens with one attached hydrogen (secondary N) is 1. The van der Waals surface area contributed by atoms with E-state index in [0.29, 0.717) is 41.2 Å². The van der Waals surface area contributed by atoms with Crippen molar-refractivity contribution in [2.45, 2.75) is 38.4 Å². The van der Waals surface area contributed by atoms with Gasteiger partial charge in [-0.2, -0.15) is 18.3 Å². The summed E-state index contributed by atoms with van der Waals surface area (Å²) in [5.74, 6) is 0.649. The molecule has 1 aromatic heterocycles. The predicted molar refractivity (Wildman–Crippen MR) is 109 cm³/mol. The van der Waals surface area contributed by atoms with E-state index in [9.17, 15) is 18.0 Å². The number of para-hydroxylation sites is 2. The SMILES string of the molecule is O=C(NCCn1nc(C(F)(F)F)c2c1CCCC2)c1ccccc1Oc1ccccc1. The minimum Gasteiger partial charge on any atom is -0.457 e. The fourth-order valence-electron chi connectivity index (χ4n) is 3.81. The van der Waals surface area contributed by atoms with E-state index in [-0.39, 0.29) is 19.0 Å². The number of carbonyl (C=O) groups excluding carboxylic acids is 1. The lowest BCUT2D eigenvalue weighted by Crippen LogP contribution is -2.28. The number of alkyl halides is 3. The van der Waals surface area contributed by atoms with Crippen LogP contribution in [0.4, 0.5) is 13.2 Å². The summed E-state index contributed by atoms with van der Waals surface area (Å²) < 4.78 is 47.2. The Kier molecular flexibility index (Phi) is 5.97. The molecule has 31 heavy (non-hydrogen) atoms. The molecular formula is C23H22F3N3O2. The average Bonchev–Trinajstić information content (AvgIpc) is 3.14. The summed E-state index contributed by atoms with van der Waals surface area (Å²) in [6.07, 6.45) is -1.94. The lowest BCUT2D eigenvalue weighted by atomic mass is 9.95. The normalized spacial score (nSPS) is 13.5. The van der Waals surface area contributed by atoms with Crippen molar-refractivity contribution in [2.75, 3.05) is 6.54 Å². The summed E-state index contributed by atoms with van der Waals surface area (Å²) in [7, 11) is 0. The summed E-state index contributed by atoms with van der Waals surface area (Å²) in [4.78, 5) is 12.7. The van der Waals surface area contributed by atoms with E-state index >= 15 is 0 Å². The number of nitrogens with zero attached hydrogens (tertiary/aromatic N) is 2. The van der Waals surface area contributed by atoms with Crippen molar-refractivity contribution in [3.8, 4) is 11.5 Å². The molecule has 8 heteroatoms. The number of carbonyl (C=O) groups is 1. The van der Waals surface area contributed by atoms with Gasteiger partial charge in [0.2, 0.25) is 0 Å². The maximum atomic E-state index is 13.3. The van der Waals surface area contributed by atoms with Crippen molar-refractivity contribution in [3.05, 3.63) is 77.1 Å². The Labute approximate surface area is 177 Å². The molecule has 0 unspecified atom stereocenters. The third kappa shape index (κ3) is 4.73. The molecule has 5 nitrogen and oxygen atoms in total. The molecule has 1 amide bonds. The number of amides is 1. The van der Waals surface area contributed by atoms with Crippen LogP contribution in [-0.4, -0.2) is 22.2 Å². The minimum absolute atomic E-state index is 0.157. The van der Waals surface area contributed by atoms with E-state index in [4.69, 9.17) is 4.74 Å². The van der Waals surface area contributed by atoms with Gasteiger partial charge < -0.3 is 10.1 Å². The van der Waals surface area contributed by atoms with Gasteiger partial charge in [0.05, 0.1) is 12.1 Å². The second-order valence-electron chi connectivity index (χ2n) is 7.37. The standard InChI is InChI=1S/C23H22F3N3O2/c24-23(25,26)21-17-10-4-6-12-19(17)29(28-21)15-14-27-22(30)18-11-5-7-13-20(18)31-16-8-2-1-3-9-16/h1-3,5,7-9,11,13H,4,6,10,12,14-15H2,(H,27,30). The number of halogens is 3. The van der Waals surface area contributed by atoms with Crippen LogP contribution in [0.5, 0.6) is 11.5 Å². The van der Waals surface area contributed by atoms with Gasteiger partial charge in [-0.25, -0.2) is 0 Å². The van der Waals surface area contributed by atoms with Crippen molar-refractivity contribution >= 4 is 5.91 Å². The van der Waals surface area contributed by atoms with Crippen LogP contribution in [0.3, 0.4) is 0 Å². The number of hydrogen-bond acceptors (Lipinski definition) is 3. The number of hydrogen-bond donors (Lipinski definition) is 1. The molecule has 1 heterocycles. The summed E-state index contributed by atoms with van der Waals surface area (Å²) >= 11 is 0. The Morgan fingerprint density at radius 2 is 1.74 bits per heavy atom. The van der Waals surface area contributed by atoms with E-state index in [1.807, 2.05) is 18.2 Å². The third-order valence-electron chi connectivity index (χ3n) is 5.24. The summed E-state index contributed by atoms with van der Waals surface area (Å²) in [6.45, 7) is 0.329. The van der Waals surface area contributed by atoms with Crippen molar-refractivity contribution < 1.29 is 22.7 Å². The Hall–Kier alpha value is -3.29. The molecule has 0 saturated heterocycles. The van der Waals surface area contributed by atoms with E-state index < -0.39 is 11.9 Å². The van der Waals surface area contributed by atoms with Crippen LogP contribution < -0.4 is 10.1 Å². The van der Waals surface area contributed by atoms with Gasteiger partial charge in [-0.15, -0.1) is 0 Å². The van der Waals surface area contributed by atoms with Crippen LogP contribution in [0.1, 0.15) is 40.2 Å². The van der Waals surface area contributed by atoms with Gasteiger partial charge in [0, 0.05) is 17.8 Å². The topological polar surface area (TPSA) is 56.2 Å². The van der Waals surface area contributed by atoms with E-state index in [2.05, 4.69) is 10.4 Å². The molecule has 4 rings (SSSR count). The fourth-order valence-corrected chi connectivity index (χ4v) is 3.81. The number of fused-ring (bicyclic) bond motifs is 1. The van der Waals surface area contributed by atoms with Crippen molar-refractivity contribution in [1.29, 1.82) is 0 Å². The molecule has 0 spiro atoms. The predicted octanol–water partition coefficient (Wildman–Crippen LogP) is 5.00. The molecule has 0 bridgehead atoms. The van der Waals surface area contributed by atoms with Gasteiger partial charge in [0.25, 0.3) is 5.91 Å². The molecule has 1 N–H and O–H groups in total. The zero-order valence-electron chi connectivity index (χ0n) is 16.8. The van der Waals surface area contributed by atoms with Gasteiger partial charge in [0.15, 0.2) is 5.69 Å². The lowest BCUT2D eigenvalue weighted by Gasteiger charge is -2.15. The minimum atomic E-state index is -4.47. The first kappa shape index (κ1) is 21.0. The first-order valence-electron chi connectivity index (χ1n) is 10.2. The van der Waals surface area contributed by atoms with Crippen LogP contribution in [0.25, 0.3) is 0 Å². The molecule has 0 atom stereocenters. The highest BCUT2D eigenvalue weighted by molar-refractivity contribution is 5.97. The number of ether oxygens (including phenoxy) is 1. The van der Waals surface area contributed by atoms with Crippen molar-refractivity contribution in [2.24, 2.45) is 0 Å². The first-order valence-corrected chi connectivity index (χ1v) is 10.2. The van der Waals surface area contributed by atoms with Crippen LogP contribution in [0, 0.1) is 0 Å². The van der Waals surface area contributed by atoms with E-state index in [1.54, 1.807) is 36.4 Å². The van der Waals surface area contributed by atoms with Crippen molar-refractivity contribution in [3.63, 3.8) is 0 Å². The first-order chi connectivity index (χ1) is 14.9. The number of benzene rings is 2. The highest BCUT2D eigenvalue weighted by atomic mass is 19.4. The van der Waals surface area contributed by atoms with Crippen LogP contribution >= 0.6 is 0 Å². The maximum absolute atomic E-state index is 13.3. The van der Waals surface area contributed by atoms with Crippen LogP contribution in [-0.2, 0) is 25.6 Å². The summed E-state index contributed by atoms with van der Waals surface area (Å²) in [5, 5.41) is 6.59. The highest BCUT2D eigenvalue weighted by Crippen LogP contribution is 2.35. The van der Waals surface area contributed by atoms with Crippen LogP contribution in [0.15, 0.2) is 54.6 Å². The molecule has 0 aliphatic heterocycles. The smallest absolute Gasteiger partial charge is 0.435 e. The fraction of sp³-hybridized carbons (Fsp3) is 0.304. The Morgan fingerprint density at radius 3 is 2.52 bits per heavy atom. The third-order valence-corrected chi connectivity index (χ3v) is 5.24. The molecule has 1 aliphatic rings. The van der Waals surface area contributed by atoms with E-state index in [1.165, 1.54) is 4.68 Å². The zero-order chi connectivity index (χ0) is 21.8. The monoisotopic (exact) mass is 429 g/mol. The molecule has 2 aromatic carbocycles.